The molecule has 0 bridgehead atoms. The fraction of sp³-hybridized carbons (Fsp3) is 0.400. The second-order valence-electron chi connectivity index (χ2n) is 4.84. The Morgan fingerprint density at radius 3 is 2.45 bits per heavy atom. The van der Waals surface area contributed by atoms with Crippen LogP contribution in [0.1, 0.15) is 41.5 Å². The van der Waals surface area contributed by atoms with Crippen LogP contribution in [0.3, 0.4) is 0 Å². The van der Waals surface area contributed by atoms with Gasteiger partial charge in [0.25, 0.3) is 0 Å². The van der Waals surface area contributed by atoms with Crippen molar-refractivity contribution in [2.24, 2.45) is 5.92 Å². The van der Waals surface area contributed by atoms with E-state index in [4.69, 9.17) is 9.47 Å². The zero-order chi connectivity index (χ0) is 14.9. The molecule has 1 atom stereocenters. The van der Waals surface area contributed by atoms with Gasteiger partial charge in [0.15, 0.2) is 0 Å². The third-order valence-corrected chi connectivity index (χ3v) is 3.01. The average molecular weight is 276 g/mol. The van der Waals surface area contributed by atoms with Crippen LogP contribution in [0.15, 0.2) is 18.2 Å². The lowest BCUT2D eigenvalue weighted by Crippen LogP contribution is -2.30. The van der Waals surface area contributed by atoms with Gasteiger partial charge in [0, 0.05) is 11.1 Å². The van der Waals surface area contributed by atoms with Gasteiger partial charge in [-0.3, -0.25) is 14.4 Å². The Morgan fingerprint density at radius 2 is 1.85 bits per heavy atom. The lowest BCUT2D eigenvalue weighted by atomic mass is 10.1. The molecule has 0 heterocycles. The van der Waals surface area contributed by atoms with E-state index in [1.807, 2.05) is 6.92 Å². The first kappa shape index (κ1) is 14.2. The summed E-state index contributed by atoms with van der Waals surface area (Å²) in [6.45, 7) is 5.58. The molecule has 20 heavy (non-hydrogen) atoms. The SMILES string of the molecule is CCOc1ccc2c(c1)C(=O)C(OC(=O)C(C)C)C2=O. The van der Waals surface area contributed by atoms with Crippen molar-refractivity contribution in [1.82, 2.24) is 0 Å². The highest BCUT2D eigenvalue weighted by Crippen LogP contribution is 2.28. The molecule has 5 heteroatoms. The van der Waals surface area contributed by atoms with Gasteiger partial charge in [-0.1, -0.05) is 13.8 Å². The molecule has 0 amide bonds. The minimum absolute atomic E-state index is 0.252. The van der Waals surface area contributed by atoms with Crippen LogP contribution in [-0.2, 0) is 9.53 Å². The van der Waals surface area contributed by atoms with Gasteiger partial charge >= 0.3 is 5.97 Å². The molecule has 106 valence electrons. The lowest BCUT2D eigenvalue weighted by molar-refractivity contribution is -0.148. The van der Waals surface area contributed by atoms with Gasteiger partial charge in [-0.05, 0) is 25.1 Å². The summed E-state index contributed by atoms with van der Waals surface area (Å²) in [5.74, 6) is -1.39. The van der Waals surface area contributed by atoms with Gasteiger partial charge in [-0.25, -0.2) is 0 Å². The molecule has 0 spiro atoms. The van der Waals surface area contributed by atoms with Gasteiger partial charge in [-0.2, -0.15) is 0 Å². The van der Waals surface area contributed by atoms with E-state index in [1.165, 1.54) is 12.1 Å². The third-order valence-electron chi connectivity index (χ3n) is 3.01. The van der Waals surface area contributed by atoms with Crippen molar-refractivity contribution >= 4 is 17.5 Å². The van der Waals surface area contributed by atoms with Crippen LogP contribution in [-0.4, -0.2) is 30.2 Å². The third kappa shape index (κ3) is 2.43. The fourth-order valence-corrected chi connectivity index (χ4v) is 1.96. The number of benzene rings is 1. The molecular weight excluding hydrogens is 260 g/mol. The second kappa shape index (κ2) is 5.45. The Hall–Kier alpha value is -2.17. The summed E-state index contributed by atoms with van der Waals surface area (Å²) < 4.78 is 10.3. The maximum Gasteiger partial charge on any atom is 0.309 e. The first-order valence-electron chi connectivity index (χ1n) is 6.51. The molecule has 0 N–H and O–H groups in total. The average Bonchev–Trinajstić information content (AvgIpc) is 2.64. The van der Waals surface area contributed by atoms with E-state index in [2.05, 4.69) is 0 Å². The number of esters is 1. The summed E-state index contributed by atoms with van der Waals surface area (Å²) in [6.07, 6.45) is -1.35. The molecule has 1 aromatic carbocycles. The van der Waals surface area contributed by atoms with Crippen molar-refractivity contribution in [2.45, 2.75) is 26.9 Å². The van der Waals surface area contributed by atoms with E-state index in [-0.39, 0.29) is 11.1 Å². The smallest absolute Gasteiger partial charge is 0.309 e. The number of ether oxygens (including phenoxy) is 2. The van der Waals surface area contributed by atoms with E-state index in [0.717, 1.165) is 0 Å². The first-order valence-corrected chi connectivity index (χ1v) is 6.51. The number of rotatable bonds is 4. The van der Waals surface area contributed by atoms with Gasteiger partial charge in [0.2, 0.25) is 17.7 Å². The maximum absolute atomic E-state index is 12.2. The highest BCUT2D eigenvalue weighted by Gasteiger charge is 2.41. The first-order chi connectivity index (χ1) is 9.45. The minimum atomic E-state index is -1.35. The zero-order valence-electron chi connectivity index (χ0n) is 11.6. The molecule has 0 fully saturated rings. The van der Waals surface area contributed by atoms with Crippen molar-refractivity contribution in [3.8, 4) is 5.75 Å². The summed E-state index contributed by atoms with van der Waals surface area (Å²) in [5, 5.41) is 0. The van der Waals surface area contributed by atoms with E-state index < -0.39 is 29.6 Å². The van der Waals surface area contributed by atoms with E-state index in [1.54, 1.807) is 19.9 Å². The number of hydrogen-bond donors (Lipinski definition) is 0. The summed E-state index contributed by atoms with van der Waals surface area (Å²) in [6, 6.07) is 4.67. The van der Waals surface area contributed by atoms with Gasteiger partial charge < -0.3 is 9.47 Å². The molecule has 5 nitrogen and oxygen atoms in total. The molecule has 0 saturated carbocycles. The normalized spacial score (nSPS) is 17.3. The number of carbonyl (C=O) groups excluding carboxylic acids is 3. The number of fused-ring (bicyclic) bond motifs is 1. The quantitative estimate of drug-likeness (QED) is 0.621. The Labute approximate surface area is 116 Å². The van der Waals surface area contributed by atoms with Crippen molar-refractivity contribution in [1.29, 1.82) is 0 Å². The summed E-state index contributed by atoms with van der Waals surface area (Å²) in [4.78, 5) is 35.8. The maximum atomic E-state index is 12.2. The molecule has 0 aliphatic heterocycles. The van der Waals surface area contributed by atoms with Crippen LogP contribution >= 0.6 is 0 Å². The summed E-state index contributed by atoms with van der Waals surface area (Å²) in [5.41, 5.74) is 0.530. The van der Waals surface area contributed by atoms with Crippen molar-refractivity contribution in [2.75, 3.05) is 6.61 Å². The van der Waals surface area contributed by atoms with Crippen LogP contribution in [0.4, 0.5) is 0 Å². The van der Waals surface area contributed by atoms with Crippen LogP contribution in [0, 0.1) is 5.92 Å². The Kier molecular flexibility index (Phi) is 3.88. The van der Waals surface area contributed by atoms with Gasteiger partial charge in [0.1, 0.15) is 5.75 Å². The van der Waals surface area contributed by atoms with Crippen molar-refractivity contribution in [3.63, 3.8) is 0 Å². The molecule has 2 rings (SSSR count). The number of carbonyl (C=O) groups is 3. The number of ketones is 2. The Balaban J connectivity index is 2.28. The molecular formula is C15H16O5. The molecule has 0 aromatic heterocycles. The topological polar surface area (TPSA) is 69.7 Å². The Bertz CT molecular complexity index is 574. The predicted octanol–water partition coefficient (Wildman–Crippen LogP) is 2.03. The van der Waals surface area contributed by atoms with Crippen molar-refractivity contribution in [3.05, 3.63) is 29.3 Å². The fourth-order valence-electron chi connectivity index (χ4n) is 1.96. The second-order valence-corrected chi connectivity index (χ2v) is 4.84. The van der Waals surface area contributed by atoms with E-state index in [9.17, 15) is 14.4 Å². The van der Waals surface area contributed by atoms with E-state index in [0.29, 0.717) is 12.4 Å². The number of Topliss-reactive ketones (excluding diaryl/α,β-unsaturated/α-hetero) is 2. The monoisotopic (exact) mass is 276 g/mol. The van der Waals surface area contributed by atoms with Gasteiger partial charge in [0.05, 0.1) is 12.5 Å². The Morgan fingerprint density at radius 1 is 1.20 bits per heavy atom. The minimum Gasteiger partial charge on any atom is -0.494 e. The van der Waals surface area contributed by atoms with Crippen LogP contribution < -0.4 is 4.74 Å². The van der Waals surface area contributed by atoms with E-state index >= 15 is 0 Å². The largest absolute Gasteiger partial charge is 0.494 e. The lowest BCUT2D eigenvalue weighted by Gasteiger charge is -2.10. The van der Waals surface area contributed by atoms with Crippen molar-refractivity contribution < 1.29 is 23.9 Å². The van der Waals surface area contributed by atoms with Crippen LogP contribution in [0.2, 0.25) is 0 Å². The summed E-state index contributed by atoms with van der Waals surface area (Å²) in [7, 11) is 0. The molecule has 1 aliphatic carbocycles. The molecule has 1 aliphatic rings. The van der Waals surface area contributed by atoms with Crippen LogP contribution in [0.5, 0.6) is 5.75 Å². The zero-order valence-corrected chi connectivity index (χ0v) is 11.6. The molecule has 0 radical (unpaired) electrons. The predicted molar refractivity (Wildman–Crippen MR) is 71.0 cm³/mol. The number of hydrogen-bond acceptors (Lipinski definition) is 5. The molecule has 1 unspecified atom stereocenters. The highest BCUT2D eigenvalue weighted by molar-refractivity contribution is 6.29. The van der Waals surface area contributed by atoms with Gasteiger partial charge in [-0.15, -0.1) is 0 Å². The molecule has 1 aromatic rings. The highest BCUT2D eigenvalue weighted by atomic mass is 16.6. The van der Waals surface area contributed by atoms with Crippen LogP contribution in [0.25, 0.3) is 0 Å². The molecule has 0 saturated heterocycles. The summed E-state index contributed by atoms with van der Waals surface area (Å²) >= 11 is 0. The standard InChI is InChI=1S/C15H16O5/c1-4-19-9-5-6-10-11(7-9)13(17)14(12(10)16)20-15(18)8(2)3/h5-8,14H,4H2,1-3H3.